The van der Waals surface area contributed by atoms with Crippen LogP contribution < -0.4 is 16.0 Å². The summed E-state index contributed by atoms with van der Waals surface area (Å²) in [7, 11) is 0. The van der Waals surface area contributed by atoms with Crippen molar-refractivity contribution >= 4 is 17.7 Å². The average molecular weight is 1220 g/mol. The second-order valence-electron chi connectivity index (χ2n) is 19.6. The summed E-state index contributed by atoms with van der Waals surface area (Å²) < 4.78 is 82.2. The number of aliphatic hydroxyl groups is 12. The number of amides is 3. The van der Waals surface area contributed by atoms with Gasteiger partial charge in [-0.3, -0.25) is 14.4 Å². The number of carbonyl (C=O) groups is 3. The fourth-order valence-electron chi connectivity index (χ4n) is 7.88. The molecule has 3 aliphatic rings. The Bertz CT molecular complexity index is 1500. The standard InChI is InChI=1S/C50H93N3O30/c1-50(29-75-8-2-35(57)51-5-11-69-14-17-72-20-23-78-47-44(66)41(63)38(60)32(26-54)81-47,30-76-9-3-36(58)52-6-12-70-15-18-73-21-24-79-48-45(67)42(64)39(61)33(27-55)82-48)31-77-10-4-37(59)53-7-13-71-16-19-74-22-25-80-49-46(68)43(65)40(62)34(28-56)83-49/h32-34,38-49,54-56,60-68H,2-31H2,1H3,(H,51,57)(H,52,58)(H,53,59)/t32-,33?,34?,38-,39-,40-,41?,42?,43?,44-,45?,46?,47+,48+,49+,50?/m1/s1. The van der Waals surface area contributed by atoms with Gasteiger partial charge in [0, 0.05) is 44.3 Å². The van der Waals surface area contributed by atoms with Crippen LogP contribution in [0.1, 0.15) is 26.2 Å². The zero-order chi connectivity index (χ0) is 60.8. The molecule has 3 heterocycles. The summed E-state index contributed by atoms with van der Waals surface area (Å²) in [5.41, 5.74) is -0.755. The molecule has 3 fully saturated rings. The molecule has 7 unspecified atom stereocenters. The summed E-state index contributed by atoms with van der Waals surface area (Å²) in [4.78, 5) is 37.5. The zero-order valence-electron chi connectivity index (χ0n) is 47.1. The van der Waals surface area contributed by atoms with Crippen LogP contribution in [0, 0.1) is 5.41 Å². The fraction of sp³-hybridized carbons (Fsp3) is 0.940. The van der Waals surface area contributed by atoms with E-state index in [0.29, 0.717) is 0 Å². The van der Waals surface area contributed by atoms with Crippen molar-refractivity contribution < 1.29 is 147 Å². The summed E-state index contributed by atoms with van der Waals surface area (Å²) in [5, 5.41) is 125. The molecule has 0 aliphatic carbocycles. The SMILES string of the molecule is CC(COCCC(=O)NCCOCCOCCO[C@H]1OC(CO)[C@@H](O)C(O)C1O)(COCCC(=O)NCCOCCOCCO[C@H]1OC(CO)[C@@H](O)C(O)C1O)COCCC(=O)NCCOCCOCCO[C@H]1O[C@H](CO)[C@@H](O)C(O)[C@H]1O. The smallest absolute Gasteiger partial charge is 0.222 e. The molecule has 33 heteroatoms. The van der Waals surface area contributed by atoms with Crippen molar-refractivity contribution in [1.82, 2.24) is 16.0 Å². The van der Waals surface area contributed by atoms with Crippen LogP contribution in [0.25, 0.3) is 0 Å². The molecule has 0 radical (unpaired) electrons. The lowest BCUT2D eigenvalue weighted by Gasteiger charge is -2.39. The Balaban J connectivity index is 1.26. The molecule has 3 saturated heterocycles. The first-order valence-electron chi connectivity index (χ1n) is 27.7. The molecular weight excluding hydrogens is 1120 g/mol. The van der Waals surface area contributed by atoms with Crippen molar-refractivity contribution in [3.05, 3.63) is 0 Å². The third-order valence-electron chi connectivity index (χ3n) is 12.7. The van der Waals surface area contributed by atoms with Crippen LogP contribution in [0.15, 0.2) is 0 Å². The Labute approximate surface area is 481 Å². The van der Waals surface area contributed by atoms with Gasteiger partial charge < -0.3 is 148 Å². The number of rotatable bonds is 48. The first kappa shape index (κ1) is 74.6. The van der Waals surface area contributed by atoms with Crippen molar-refractivity contribution in [3.8, 4) is 0 Å². The van der Waals surface area contributed by atoms with E-state index in [0.717, 1.165) is 0 Å². The van der Waals surface area contributed by atoms with Crippen molar-refractivity contribution in [2.24, 2.45) is 5.41 Å². The summed E-state index contributed by atoms with van der Waals surface area (Å²) >= 11 is 0. The highest BCUT2D eigenvalue weighted by atomic mass is 16.7. The lowest BCUT2D eigenvalue weighted by atomic mass is 9.94. The van der Waals surface area contributed by atoms with Gasteiger partial charge in [-0.15, -0.1) is 0 Å². The summed E-state index contributed by atoms with van der Waals surface area (Å²) in [6, 6.07) is 0. The Morgan fingerprint density at radius 2 is 0.578 bits per heavy atom. The van der Waals surface area contributed by atoms with Gasteiger partial charge in [-0.1, -0.05) is 6.92 Å². The minimum absolute atomic E-state index is 0.0108. The molecule has 0 aromatic carbocycles. The molecule has 0 aromatic rings. The maximum Gasteiger partial charge on any atom is 0.222 e. The molecule has 0 aromatic heterocycles. The lowest BCUT2D eigenvalue weighted by molar-refractivity contribution is -0.302. The molecule has 15 atom stereocenters. The third kappa shape index (κ3) is 29.7. The molecule has 83 heavy (non-hydrogen) atoms. The second-order valence-corrected chi connectivity index (χ2v) is 19.6. The van der Waals surface area contributed by atoms with Crippen LogP contribution in [0.4, 0.5) is 0 Å². The predicted molar refractivity (Wildman–Crippen MR) is 278 cm³/mol. The summed E-state index contributed by atoms with van der Waals surface area (Å²) in [5.74, 6) is -0.847. The van der Waals surface area contributed by atoms with Gasteiger partial charge in [0.25, 0.3) is 0 Å². The summed E-state index contributed by atoms with van der Waals surface area (Å²) in [6.45, 7) is 3.37. The Kier molecular flexibility index (Phi) is 39.4. The monoisotopic (exact) mass is 1220 g/mol. The third-order valence-corrected chi connectivity index (χ3v) is 12.7. The van der Waals surface area contributed by atoms with E-state index in [1.165, 1.54) is 0 Å². The molecule has 15 N–H and O–H groups in total. The van der Waals surface area contributed by atoms with Gasteiger partial charge in [-0.05, 0) is 0 Å². The van der Waals surface area contributed by atoms with E-state index < -0.39 is 117 Å². The summed E-state index contributed by atoms with van der Waals surface area (Å²) in [6.07, 6.45) is -20.5. The van der Waals surface area contributed by atoms with E-state index >= 15 is 0 Å². The van der Waals surface area contributed by atoms with Crippen LogP contribution in [0.2, 0.25) is 0 Å². The van der Waals surface area contributed by atoms with E-state index in [1.807, 2.05) is 6.92 Å². The Hall–Kier alpha value is -2.67. The largest absolute Gasteiger partial charge is 0.394 e. The van der Waals surface area contributed by atoms with Gasteiger partial charge in [0.05, 0.1) is 159 Å². The number of aliphatic hydroxyl groups excluding tert-OH is 12. The van der Waals surface area contributed by atoms with Crippen molar-refractivity contribution in [1.29, 1.82) is 0 Å². The molecule has 0 bridgehead atoms. The maximum absolute atomic E-state index is 12.5. The normalized spacial score (nSPS) is 29.1. The Morgan fingerprint density at radius 3 is 0.831 bits per heavy atom. The Morgan fingerprint density at radius 1 is 0.337 bits per heavy atom. The van der Waals surface area contributed by atoms with Crippen molar-refractivity contribution in [2.45, 2.75) is 118 Å². The van der Waals surface area contributed by atoms with Crippen molar-refractivity contribution in [2.75, 3.05) is 178 Å². The van der Waals surface area contributed by atoms with Crippen molar-refractivity contribution in [3.63, 3.8) is 0 Å². The molecule has 3 aliphatic heterocycles. The number of ether oxygens (including phenoxy) is 15. The topological polar surface area (TPSA) is 469 Å². The fourth-order valence-corrected chi connectivity index (χ4v) is 7.88. The highest BCUT2D eigenvalue weighted by Crippen LogP contribution is 2.25. The average Bonchev–Trinajstić information content (AvgIpc) is 3.66. The molecule has 488 valence electrons. The van der Waals surface area contributed by atoms with E-state index in [-0.39, 0.29) is 195 Å². The van der Waals surface area contributed by atoms with Crippen LogP contribution in [-0.4, -0.2) is 349 Å². The van der Waals surface area contributed by atoms with E-state index in [2.05, 4.69) is 16.0 Å². The first-order chi connectivity index (χ1) is 40.0. The van der Waals surface area contributed by atoms with Crippen LogP contribution in [-0.2, 0) is 85.4 Å². The highest BCUT2D eigenvalue weighted by Gasteiger charge is 2.46. The van der Waals surface area contributed by atoms with E-state index in [1.54, 1.807) is 0 Å². The van der Waals surface area contributed by atoms with Gasteiger partial charge >= 0.3 is 0 Å². The van der Waals surface area contributed by atoms with Crippen LogP contribution >= 0.6 is 0 Å². The van der Waals surface area contributed by atoms with Crippen LogP contribution in [0.5, 0.6) is 0 Å². The lowest BCUT2D eigenvalue weighted by Crippen LogP contribution is -2.59. The quantitative estimate of drug-likeness (QED) is 0.0252. The predicted octanol–water partition coefficient (Wildman–Crippen LogP) is -8.89. The van der Waals surface area contributed by atoms with Gasteiger partial charge in [-0.2, -0.15) is 0 Å². The minimum Gasteiger partial charge on any atom is -0.394 e. The highest BCUT2D eigenvalue weighted by molar-refractivity contribution is 5.76. The molecule has 33 nitrogen and oxygen atoms in total. The molecule has 0 spiro atoms. The van der Waals surface area contributed by atoms with Gasteiger partial charge in [-0.25, -0.2) is 0 Å². The number of hydrogen-bond acceptors (Lipinski definition) is 30. The first-order valence-corrected chi connectivity index (χ1v) is 27.7. The second kappa shape index (κ2) is 43.9. The molecule has 0 saturated carbocycles. The number of hydrogen-bond donors (Lipinski definition) is 15. The number of nitrogens with one attached hydrogen (secondary N) is 3. The van der Waals surface area contributed by atoms with Gasteiger partial charge in [0.1, 0.15) is 73.2 Å². The maximum atomic E-state index is 12.5. The van der Waals surface area contributed by atoms with Gasteiger partial charge in [0.15, 0.2) is 18.9 Å². The molecule has 3 rings (SSSR count). The number of carbonyl (C=O) groups excluding carboxylic acids is 3. The molecule has 3 amide bonds. The van der Waals surface area contributed by atoms with Gasteiger partial charge in [0.2, 0.25) is 17.7 Å². The van der Waals surface area contributed by atoms with Crippen LogP contribution in [0.3, 0.4) is 0 Å². The van der Waals surface area contributed by atoms with E-state index in [9.17, 15) is 75.7 Å². The molecular formula is C50H93N3O30. The zero-order valence-corrected chi connectivity index (χ0v) is 47.1. The minimum atomic E-state index is -1.55. The van der Waals surface area contributed by atoms with E-state index in [4.69, 9.17) is 71.1 Å².